The van der Waals surface area contributed by atoms with Crippen LogP contribution in [0.1, 0.15) is 51.9 Å². The van der Waals surface area contributed by atoms with Crippen LogP contribution in [0.5, 0.6) is 0 Å². The molecule has 0 saturated heterocycles. The number of carbonyl (C=O) groups excluding carboxylic acids is 5. The van der Waals surface area contributed by atoms with Crippen molar-refractivity contribution in [1.82, 2.24) is 4.90 Å². The highest BCUT2D eigenvalue weighted by atomic mass is 32.1. The summed E-state index contributed by atoms with van der Waals surface area (Å²) in [6, 6.07) is 3.99. The van der Waals surface area contributed by atoms with Crippen LogP contribution >= 0.6 is 11.3 Å². The van der Waals surface area contributed by atoms with Crippen molar-refractivity contribution in [2.45, 2.75) is 13.8 Å². The molecule has 156 valence electrons. The third-order valence-electron chi connectivity index (χ3n) is 4.69. The number of esters is 2. The summed E-state index contributed by atoms with van der Waals surface area (Å²) in [5.74, 6) is -3.00. The van der Waals surface area contributed by atoms with Crippen molar-refractivity contribution in [3.8, 4) is 0 Å². The molecule has 1 aromatic heterocycles. The first-order valence-electron chi connectivity index (χ1n) is 8.77. The second-order valence-electron chi connectivity index (χ2n) is 6.53. The number of carbonyl (C=O) groups is 5. The van der Waals surface area contributed by atoms with Gasteiger partial charge in [0.25, 0.3) is 17.7 Å². The number of nitrogens with zero attached hydrogens (tertiary/aromatic N) is 1. The van der Waals surface area contributed by atoms with Crippen LogP contribution in [0.3, 0.4) is 0 Å². The van der Waals surface area contributed by atoms with Crippen LogP contribution in [0, 0.1) is 13.8 Å². The van der Waals surface area contributed by atoms with Gasteiger partial charge >= 0.3 is 11.9 Å². The molecule has 2 aromatic rings. The van der Waals surface area contributed by atoms with Crippen LogP contribution in [0.25, 0.3) is 0 Å². The largest absolute Gasteiger partial charge is 0.465 e. The zero-order valence-electron chi connectivity index (χ0n) is 16.7. The number of aryl methyl sites for hydroxylation is 1. The van der Waals surface area contributed by atoms with E-state index in [0.29, 0.717) is 10.6 Å². The fourth-order valence-electron chi connectivity index (χ4n) is 2.93. The Kier molecular flexibility index (Phi) is 5.70. The number of rotatable bonds is 5. The Bertz CT molecular complexity index is 1100. The van der Waals surface area contributed by atoms with E-state index in [2.05, 4.69) is 5.32 Å². The Labute approximate surface area is 175 Å². The molecule has 9 nitrogen and oxygen atoms in total. The maximum absolute atomic E-state index is 12.3. The van der Waals surface area contributed by atoms with Gasteiger partial charge in [0.2, 0.25) is 0 Å². The van der Waals surface area contributed by atoms with Crippen molar-refractivity contribution in [3.05, 3.63) is 50.9 Å². The summed E-state index contributed by atoms with van der Waals surface area (Å²) in [5.41, 5.74) is 1.30. The highest BCUT2D eigenvalue weighted by molar-refractivity contribution is 7.16. The van der Waals surface area contributed by atoms with Gasteiger partial charge in [0.05, 0.1) is 29.4 Å². The van der Waals surface area contributed by atoms with E-state index in [1.807, 2.05) is 0 Å². The average molecular weight is 430 g/mol. The van der Waals surface area contributed by atoms with Crippen molar-refractivity contribution in [3.63, 3.8) is 0 Å². The van der Waals surface area contributed by atoms with Crippen molar-refractivity contribution >= 4 is 46.0 Å². The quantitative estimate of drug-likeness (QED) is 0.570. The van der Waals surface area contributed by atoms with Crippen molar-refractivity contribution in [2.24, 2.45) is 0 Å². The minimum atomic E-state index is -0.825. The van der Waals surface area contributed by atoms with E-state index in [1.165, 1.54) is 43.7 Å². The lowest BCUT2D eigenvalue weighted by atomic mass is 10.1. The molecule has 0 bridgehead atoms. The minimum Gasteiger partial charge on any atom is -0.465 e. The van der Waals surface area contributed by atoms with Gasteiger partial charge in [-0.3, -0.25) is 19.3 Å². The molecular formula is C20H18N2O7S. The van der Waals surface area contributed by atoms with Gasteiger partial charge in [-0.25, -0.2) is 9.59 Å². The van der Waals surface area contributed by atoms with Crippen LogP contribution in [0.2, 0.25) is 0 Å². The second-order valence-corrected chi connectivity index (χ2v) is 7.76. The van der Waals surface area contributed by atoms with Gasteiger partial charge in [-0.1, -0.05) is 0 Å². The number of hydrogen-bond donors (Lipinski definition) is 1. The fourth-order valence-corrected chi connectivity index (χ4v) is 3.99. The average Bonchev–Trinajstić information content (AvgIpc) is 3.13. The maximum atomic E-state index is 12.3. The number of ether oxygens (including phenoxy) is 2. The molecule has 0 unspecified atom stereocenters. The van der Waals surface area contributed by atoms with E-state index in [4.69, 9.17) is 9.47 Å². The van der Waals surface area contributed by atoms with Gasteiger partial charge in [0.15, 0.2) is 6.61 Å². The molecule has 3 amide bonds. The Morgan fingerprint density at radius 2 is 1.73 bits per heavy atom. The maximum Gasteiger partial charge on any atom is 0.341 e. The molecule has 0 spiro atoms. The lowest BCUT2D eigenvalue weighted by Crippen LogP contribution is -2.24. The summed E-state index contributed by atoms with van der Waals surface area (Å²) in [6.07, 6.45) is 0. The molecule has 1 aromatic carbocycles. The molecule has 0 saturated carbocycles. The van der Waals surface area contributed by atoms with Crippen LogP contribution < -0.4 is 5.32 Å². The topological polar surface area (TPSA) is 119 Å². The molecular weight excluding hydrogens is 412 g/mol. The molecule has 1 aliphatic heterocycles. The summed E-state index contributed by atoms with van der Waals surface area (Å²) < 4.78 is 9.75. The van der Waals surface area contributed by atoms with E-state index < -0.39 is 36.3 Å². The first-order valence-corrected chi connectivity index (χ1v) is 9.59. The minimum absolute atomic E-state index is 0.0380. The van der Waals surface area contributed by atoms with Gasteiger partial charge in [-0.15, -0.1) is 11.3 Å². The van der Waals surface area contributed by atoms with E-state index in [-0.39, 0.29) is 22.3 Å². The highest BCUT2D eigenvalue weighted by Crippen LogP contribution is 2.33. The summed E-state index contributed by atoms with van der Waals surface area (Å²) in [7, 11) is 2.60. The standard InChI is InChI=1S/C20H18N2O7S/c1-9-10(2)30-16(15(9)20(27)28-4)21-14(23)8-29-19(26)11-5-6-12-13(7-11)18(25)22(3)17(12)24/h5-7H,8H2,1-4H3,(H,21,23). The summed E-state index contributed by atoms with van der Waals surface area (Å²) in [6.45, 7) is 2.95. The third-order valence-corrected chi connectivity index (χ3v) is 5.81. The zero-order valence-corrected chi connectivity index (χ0v) is 17.5. The van der Waals surface area contributed by atoms with Gasteiger partial charge in [-0.2, -0.15) is 0 Å². The number of imide groups is 1. The van der Waals surface area contributed by atoms with Gasteiger partial charge < -0.3 is 14.8 Å². The lowest BCUT2D eigenvalue weighted by molar-refractivity contribution is -0.119. The van der Waals surface area contributed by atoms with Crippen LogP contribution in [-0.2, 0) is 14.3 Å². The number of anilines is 1. The number of nitrogens with one attached hydrogen (secondary N) is 1. The van der Waals surface area contributed by atoms with Crippen molar-refractivity contribution < 1.29 is 33.4 Å². The smallest absolute Gasteiger partial charge is 0.341 e. The molecule has 0 radical (unpaired) electrons. The second kappa shape index (κ2) is 8.07. The molecule has 0 atom stereocenters. The van der Waals surface area contributed by atoms with Crippen molar-refractivity contribution in [1.29, 1.82) is 0 Å². The Hall–Kier alpha value is -3.53. The molecule has 2 heterocycles. The predicted molar refractivity (Wildman–Crippen MR) is 107 cm³/mol. The van der Waals surface area contributed by atoms with E-state index in [1.54, 1.807) is 13.8 Å². The van der Waals surface area contributed by atoms with Gasteiger partial charge in [0, 0.05) is 11.9 Å². The van der Waals surface area contributed by atoms with Crippen LogP contribution in [0.15, 0.2) is 18.2 Å². The Balaban J connectivity index is 1.67. The normalized spacial score (nSPS) is 12.6. The Morgan fingerprint density at radius 1 is 1.07 bits per heavy atom. The molecule has 0 aliphatic carbocycles. The number of amides is 3. The molecule has 1 aliphatic rings. The first-order chi connectivity index (χ1) is 14.1. The summed E-state index contributed by atoms with van der Waals surface area (Å²) in [4.78, 5) is 62.2. The summed E-state index contributed by atoms with van der Waals surface area (Å²) in [5, 5.41) is 2.86. The molecule has 30 heavy (non-hydrogen) atoms. The monoisotopic (exact) mass is 430 g/mol. The van der Waals surface area contributed by atoms with Gasteiger partial charge in [-0.05, 0) is 37.6 Å². The lowest BCUT2D eigenvalue weighted by Gasteiger charge is -2.08. The predicted octanol–water partition coefficient (Wildman–Crippen LogP) is 2.17. The van der Waals surface area contributed by atoms with Crippen LogP contribution in [-0.4, -0.2) is 55.3 Å². The molecule has 3 rings (SSSR count). The molecule has 10 heteroatoms. The fraction of sp³-hybridized carbons (Fsp3) is 0.250. The first kappa shape index (κ1) is 21.2. The number of fused-ring (bicyclic) bond motifs is 1. The number of benzene rings is 1. The number of hydrogen-bond acceptors (Lipinski definition) is 8. The number of thiophene rings is 1. The van der Waals surface area contributed by atoms with E-state index in [0.717, 1.165) is 9.78 Å². The van der Waals surface area contributed by atoms with E-state index in [9.17, 15) is 24.0 Å². The highest BCUT2D eigenvalue weighted by Gasteiger charge is 2.33. The Morgan fingerprint density at radius 3 is 2.40 bits per heavy atom. The number of methoxy groups -OCH3 is 1. The van der Waals surface area contributed by atoms with Gasteiger partial charge in [0.1, 0.15) is 5.00 Å². The third kappa shape index (κ3) is 3.69. The zero-order chi connectivity index (χ0) is 22.2. The van der Waals surface area contributed by atoms with Crippen molar-refractivity contribution in [2.75, 3.05) is 26.1 Å². The molecule has 0 fully saturated rings. The van der Waals surface area contributed by atoms with E-state index >= 15 is 0 Å². The molecule has 1 N–H and O–H groups in total. The SMILES string of the molecule is COC(=O)c1c(NC(=O)COC(=O)c2ccc3c(c2)C(=O)N(C)C3=O)sc(C)c1C. The van der Waals surface area contributed by atoms with Crippen LogP contribution in [0.4, 0.5) is 5.00 Å². The summed E-state index contributed by atoms with van der Waals surface area (Å²) >= 11 is 1.21.